The van der Waals surface area contributed by atoms with E-state index >= 15 is 0 Å². The number of carbonyl (C=O) groups is 1. The Morgan fingerprint density at radius 3 is 2.48 bits per heavy atom. The molecule has 0 aromatic heterocycles. The molecule has 1 heterocycles. The van der Waals surface area contributed by atoms with Crippen molar-refractivity contribution in [3.8, 4) is 5.75 Å². The maximum absolute atomic E-state index is 13.7. The standard InChI is InChI=1S/C25H24FN3O2/c1-29(2)14-15-31-20-11-9-19(10-12-20)27-24(17-6-4-3-5-7-17)23-21-13-8-18(26)16-22(21)28-25(23)30/h3-13,16,27H,14-15H2,1-2H3,(H,28,30). The minimum absolute atomic E-state index is 0.268. The van der Waals surface area contributed by atoms with E-state index in [0.717, 1.165) is 23.5 Å². The molecule has 0 radical (unpaired) electrons. The Hall–Kier alpha value is -3.64. The van der Waals surface area contributed by atoms with Crippen molar-refractivity contribution in [3.63, 3.8) is 0 Å². The van der Waals surface area contributed by atoms with E-state index in [1.165, 1.54) is 12.1 Å². The van der Waals surface area contributed by atoms with Gasteiger partial charge in [-0.05, 0) is 62.1 Å². The quantitative estimate of drug-likeness (QED) is 0.547. The van der Waals surface area contributed by atoms with E-state index in [9.17, 15) is 9.18 Å². The first-order valence-corrected chi connectivity index (χ1v) is 10.1. The fraction of sp³-hybridized carbons (Fsp3) is 0.160. The summed E-state index contributed by atoms with van der Waals surface area (Å²) in [5, 5.41) is 6.15. The second-order valence-corrected chi connectivity index (χ2v) is 7.56. The molecule has 0 spiro atoms. The van der Waals surface area contributed by atoms with Gasteiger partial charge in [0.15, 0.2) is 0 Å². The normalized spacial score (nSPS) is 14.3. The third kappa shape index (κ3) is 4.75. The Morgan fingerprint density at radius 2 is 1.77 bits per heavy atom. The molecule has 3 aromatic carbocycles. The molecule has 0 saturated carbocycles. The molecule has 0 saturated heterocycles. The lowest BCUT2D eigenvalue weighted by molar-refractivity contribution is -0.110. The summed E-state index contributed by atoms with van der Waals surface area (Å²) in [6.07, 6.45) is 0. The average molecular weight is 417 g/mol. The first kappa shape index (κ1) is 20.6. The summed E-state index contributed by atoms with van der Waals surface area (Å²) in [5.41, 5.74) is 3.95. The van der Waals surface area contributed by atoms with Gasteiger partial charge in [0.2, 0.25) is 0 Å². The van der Waals surface area contributed by atoms with Crippen LogP contribution in [-0.2, 0) is 4.79 Å². The largest absolute Gasteiger partial charge is 0.492 e. The number of amides is 1. The van der Waals surface area contributed by atoms with Gasteiger partial charge in [0.1, 0.15) is 18.2 Å². The minimum atomic E-state index is -0.389. The van der Waals surface area contributed by atoms with E-state index < -0.39 is 0 Å². The average Bonchev–Trinajstić information content (AvgIpc) is 3.08. The number of benzene rings is 3. The molecule has 158 valence electrons. The SMILES string of the molecule is CN(C)CCOc1ccc(NC(=C2C(=O)Nc3cc(F)ccc32)c2ccccc2)cc1. The Labute approximate surface area is 181 Å². The molecular formula is C25H24FN3O2. The van der Waals surface area contributed by atoms with Crippen LogP contribution in [0, 0.1) is 5.82 Å². The Balaban J connectivity index is 1.67. The number of rotatable bonds is 7. The van der Waals surface area contributed by atoms with E-state index in [2.05, 4.69) is 15.5 Å². The zero-order valence-electron chi connectivity index (χ0n) is 17.5. The number of hydrogen-bond acceptors (Lipinski definition) is 4. The van der Waals surface area contributed by atoms with Crippen molar-refractivity contribution >= 4 is 28.6 Å². The van der Waals surface area contributed by atoms with Crippen LogP contribution >= 0.6 is 0 Å². The number of nitrogens with zero attached hydrogens (tertiary/aromatic N) is 1. The number of likely N-dealkylation sites (N-methyl/N-ethyl adjacent to an activating group) is 1. The number of carbonyl (C=O) groups excluding carboxylic acids is 1. The smallest absolute Gasteiger partial charge is 0.258 e. The summed E-state index contributed by atoms with van der Waals surface area (Å²) in [5.74, 6) is 0.121. The highest BCUT2D eigenvalue weighted by molar-refractivity contribution is 6.37. The van der Waals surface area contributed by atoms with Crippen molar-refractivity contribution in [2.75, 3.05) is 37.9 Å². The molecule has 2 N–H and O–H groups in total. The third-order valence-electron chi connectivity index (χ3n) is 4.97. The molecule has 0 atom stereocenters. The molecule has 0 bridgehead atoms. The topological polar surface area (TPSA) is 53.6 Å². The van der Waals surface area contributed by atoms with Crippen molar-refractivity contribution in [3.05, 3.63) is 89.7 Å². The van der Waals surface area contributed by atoms with Crippen LogP contribution in [0.15, 0.2) is 72.8 Å². The summed E-state index contributed by atoms with van der Waals surface area (Å²) >= 11 is 0. The highest BCUT2D eigenvalue weighted by Gasteiger charge is 2.28. The van der Waals surface area contributed by atoms with Crippen LogP contribution in [0.2, 0.25) is 0 Å². The van der Waals surface area contributed by atoms with E-state index in [1.807, 2.05) is 68.7 Å². The molecule has 1 amide bonds. The number of nitrogens with one attached hydrogen (secondary N) is 2. The summed E-state index contributed by atoms with van der Waals surface area (Å²) in [4.78, 5) is 14.9. The Bertz CT molecular complexity index is 1110. The molecule has 5 nitrogen and oxygen atoms in total. The summed E-state index contributed by atoms with van der Waals surface area (Å²) in [6.45, 7) is 1.44. The number of ether oxygens (including phenoxy) is 1. The van der Waals surface area contributed by atoms with Crippen LogP contribution in [0.3, 0.4) is 0 Å². The number of fused-ring (bicyclic) bond motifs is 1. The maximum Gasteiger partial charge on any atom is 0.258 e. The zero-order chi connectivity index (χ0) is 21.8. The van der Waals surface area contributed by atoms with Crippen molar-refractivity contribution in [1.29, 1.82) is 0 Å². The van der Waals surface area contributed by atoms with Gasteiger partial charge in [0.05, 0.1) is 17.0 Å². The minimum Gasteiger partial charge on any atom is -0.492 e. The molecule has 31 heavy (non-hydrogen) atoms. The lowest BCUT2D eigenvalue weighted by Gasteiger charge is -2.15. The monoisotopic (exact) mass is 417 g/mol. The predicted octanol–water partition coefficient (Wildman–Crippen LogP) is 4.70. The van der Waals surface area contributed by atoms with Gasteiger partial charge in [-0.1, -0.05) is 30.3 Å². The van der Waals surface area contributed by atoms with Crippen molar-refractivity contribution in [1.82, 2.24) is 4.90 Å². The summed E-state index contributed by atoms with van der Waals surface area (Å²) in [7, 11) is 4.00. The molecular weight excluding hydrogens is 393 g/mol. The van der Waals surface area contributed by atoms with E-state index in [-0.39, 0.29) is 11.7 Å². The number of hydrogen-bond donors (Lipinski definition) is 2. The van der Waals surface area contributed by atoms with Gasteiger partial charge in [0, 0.05) is 17.8 Å². The number of anilines is 2. The van der Waals surface area contributed by atoms with Gasteiger partial charge in [-0.25, -0.2) is 4.39 Å². The molecule has 0 unspecified atom stereocenters. The fourth-order valence-corrected chi connectivity index (χ4v) is 3.40. The van der Waals surface area contributed by atoms with Gasteiger partial charge in [0.25, 0.3) is 5.91 Å². The van der Waals surface area contributed by atoms with Crippen molar-refractivity contribution in [2.24, 2.45) is 0 Å². The fourth-order valence-electron chi connectivity index (χ4n) is 3.40. The van der Waals surface area contributed by atoms with E-state index in [4.69, 9.17) is 4.74 Å². The molecule has 4 rings (SSSR count). The van der Waals surface area contributed by atoms with Gasteiger partial charge >= 0.3 is 0 Å². The molecule has 0 fully saturated rings. The van der Waals surface area contributed by atoms with Crippen LogP contribution in [0.5, 0.6) is 5.75 Å². The predicted molar refractivity (Wildman–Crippen MR) is 122 cm³/mol. The molecule has 0 aliphatic carbocycles. The van der Waals surface area contributed by atoms with Gasteiger partial charge in [-0.3, -0.25) is 4.79 Å². The van der Waals surface area contributed by atoms with Crippen molar-refractivity contribution < 1.29 is 13.9 Å². The van der Waals surface area contributed by atoms with Gasteiger partial charge in [-0.15, -0.1) is 0 Å². The lowest BCUT2D eigenvalue weighted by Crippen LogP contribution is -2.19. The third-order valence-corrected chi connectivity index (χ3v) is 4.97. The van der Waals surface area contributed by atoms with Gasteiger partial charge in [-0.2, -0.15) is 0 Å². The first-order valence-electron chi connectivity index (χ1n) is 10.1. The van der Waals surface area contributed by atoms with Crippen LogP contribution in [0.1, 0.15) is 11.1 Å². The number of halogens is 1. The van der Waals surface area contributed by atoms with Gasteiger partial charge < -0.3 is 20.3 Å². The summed E-state index contributed by atoms with van der Waals surface area (Å²) in [6, 6.07) is 21.5. The van der Waals surface area contributed by atoms with E-state index in [1.54, 1.807) is 6.07 Å². The van der Waals surface area contributed by atoms with Crippen LogP contribution in [0.25, 0.3) is 11.3 Å². The highest BCUT2D eigenvalue weighted by atomic mass is 19.1. The Kier molecular flexibility index (Phi) is 6.00. The van der Waals surface area contributed by atoms with Crippen LogP contribution in [-0.4, -0.2) is 38.1 Å². The second kappa shape index (κ2) is 9.02. The molecule has 1 aliphatic rings. The Morgan fingerprint density at radius 1 is 1.03 bits per heavy atom. The summed E-state index contributed by atoms with van der Waals surface area (Å²) < 4.78 is 19.4. The van der Waals surface area contributed by atoms with Crippen LogP contribution < -0.4 is 15.4 Å². The first-order chi connectivity index (χ1) is 15.0. The molecule has 6 heteroatoms. The lowest BCUT2D eigenvalue weighted by atomic mass is 10.00. The molecule has 3 aromatic rings. The van der Waals surface area contributed by atoms with E-state index in [0.29, 0.717) is 29.1 Å². The highest BCUT2D eigenvalue weighted by Crippen LogP contribution is 2.37. The maximum atomic E-state index is 13.7. The molecule has 1 aliphatic heterocycles. The second-order valence-electron chi connectivity index (χ2n) is 7.56. The zero-order valence-corrected chi connectivity index (χ0v) is 17.5. The van der Waals surface area contributed by atoms with Crippen molar-refractivity contribution in [2.45, 2.75) is 0 Å². The van der Waals surface area contributed by atoms with Crippen LogP contribution in [0.4, 0.5) is 15.8 Å².